The summed E-state index contributed by atoms with van der Waals surface area (Å²) in [7, 11) is 0. The van der Waals surface area contributed by atoms with Crippen molar-refractivity contribution in [2.24, 2.45) is 11.7 Å². The largest absolute Gasteiger partial charge is 0.344 e. The van der Waals surface area contributed by atoms with Crippen LogP contribution in [-0.4, -0.2) is 65.0 Å². The highest BCUT2D eigenvalue weighted by Gasteiger charge is 2.38. The van der Waals surface area contributed by atoms with Crippen molar-refractivity contribution in [1.29, 1.82) is 0 Å². The van der Waals surface area contributed by atoms with E-state index in [0.717, 1.165) is 0 Å². The Morgan fingerprint density at radius 2 is 1.77 bits per heavy atom. The molecule has 0 radical (unpaired) electrons. The molecule has 148 valence electrons. The molecule has 4 atom stereocenters. The van der Waals surface area contributed by atoms with E-state index in [1.807, 2.05) is 13.8 Å². The number of hydrogen-bond acceptors (Lipinski definition) is 5. The van der Waals surface area contributed by atoms with Gasteiger partial charge in [-0.15, -0.1) is 11.6 Å². The van der Waals surface area contributed by atoms with Gasteiger partial charge in [0.05, 0.1) is 18.0 Å². The van der Waals surface area contributed by atoms with Gasteiger partial charge >= 0.3 is 0 Å². The average Bonchev–Trinajstić information content (AvgIpc) is 3.07. The Labute approximate surface area is 159 Å². The predicted octanol–water partition coefficient (Wildman–Crippen LogP) is -0.222. The zero-order valence-electron chi connectivity index (χ0n) is 15.8. The Morgan fingerprint density at radius 3 is 2.27 bits per heavy atom. The molecule has 8 nitrogen and oxygen atoms in total. The first-order valence-corrected chi connectivity index (χ1v) is 9.39. The van der Waals surface area contributed by atoms with Gasteiger partial charge in [-0.2, -0.15) is 0 Å². The molecule has 0 bridgehead atoms. The number of nitrogens with one attached hydrogen (secondary N) is 2. The summed E-state index contributed by atoms with van der Waals surface area (Å²) in [5, 5.41) is 5.26. The van der Waals surface area contributed by atoms with Crippen molar-refractivity contribution in [2.45, 2.75) is 64.7 Å². The summed E-state index contributed by atoms with van der Waals surface area (Å²) < 4.78 is 0. The van der Waals surface area contributed by atoms with Crippen molar-refractivity contribution >= 4 is 35.1 Å². The van der Waals surface area contributed by atoms with Crippen LogP contribution in [0.25, 0.3) is 0 Å². The standard InChI is InChI=1S/C17H29ClN4O4/c1-9(2)14(13(23)8-18)21-16(25)12-6-5-7-22(12)17(26)11(4)20-15(24)10(3)19/h9-12,14H,5-8,19H2,1-4H3,(H,20,24)(H,21,25)/t10-,11+,12-,14+/m0/s1. The lowest BCUT2D eigenvalue weighted by Gasteiger charge is -2.29. The topological polar surface area (TPSA) is 122 Å². The minimum Gasteiger partial charge on any atom is -0.344 e. The van der Waals surface area contributed by atoms with Crippen LogP contribution in [0.3, 0.4) is 0 Å². The van der Waals surface area contributed by atoms with Crippen LogP contribution >= 0.6 is 11.6 Å². The molecule has 1 aliphatic rings. The van der Waals surface area contributed by atoms with Crippen LogP contribution in [0.4, 0.5) is 0 Å². The summed E-state index contributed by atoms with van der Waals surface area (Å²) >= 11 is 5.61. The number of hydrogen-bond donors (Lipinski definition) is 3. The lowest BCUT2D eigenvalue weighted by atomic mass is 10.00. The van der Waals surface area contributed by atoms with Gasteiger partial charge in [0, 0.05) is 6.54 Å². The van der Waals surface area contributed by atoms with Gasteiger partial charge in [-0.3, -0.25) is 19.2 Å². The number of ketones is 1. The highest BCUT2D eigenvalue weighted by Crippen LogP contribution is 2.19. The highest BCUT2D eigenvalue weighted by atomic mass is 35.5. The quantitative estimate of drug-likeness (QED) is 0.496. The molecule has 0 aromatic heterocycles. The first-order chi connectivity index (χ1) is 12.1. The van der Waals surface area contributed by atoms with Crippen molar-refractivity contribution in [3.05, 3.63) is 0 Å². The maximum Gasteiger partial charge on any atom is 0.245 e. The molecular formula is C17H29ClN4O4. The van der Waals surface area contributed by atoms with Crippen molar-refractivity contribution in [3.63, 3.8) is 0 Å². The molecule has 0 aromatic rings. The zero-order valence-corrected chi connectivity index (χ0v) is 16.5. The Hall–Kier alpha value is -1.67. The third-order valence-electron chi connectivity index (χ3n) is 4.42. The minimum absolute atomic E-state index is 0.111. The molecular weight excluding hydrogens is 360 g/mol. The van der Waals surface area contributed by atoms with E-state index in [1.165, 1.54) is 11.8 Å². The molecule has 4 N–H and O–H groups in total. The van der Waals surface area contributed by atoms with Crippen LogP contribution in [0.1, 0.15) is 40.5 Å². The molecule has 0 saturated carbocycles. The molecule has 1 fully saturated rings. The second kappa shape index (κ2) is 9.87. The van der Waals surface area contributed by atoms with Gasteiger partial charge in [-0.25, -0.2) is 0 Å². The van der Waals surface area contributed by atoms with Crippen molar-refractivity contribution in [3.8, 4) is 0 Å². The Kier molecular flexibility index (Phi) is 8.49. The van der Waals surface area contributed by atoms with E-state index in [9.17, 15) is 19.2 Å². The molecule has 1 saturated heterocycles. The number of nitrogens with two attached hydrogens (primary N) is 1. The molecule has 0 spiro atoms. The Bertz CT molecular complexity index is 553. The lowest BCUT2D eigenvalue weighted by Crippen LogP contribution is -2.56. The average molecular weight is 389 g/mol. The number of likely N-dealkylation sites (tertiary alicyclic amines) is 1. The number of halogens is 1. The van der Waals surface area contributed by atoms with Crippen LogP contribution < -0.4 is 16.4 Å². The number of carbonyl (C=O) groups is 4. The fourth-order valence-corrected chi connectivity index (χ4v) is 3.08. The van der Waals surface area contributed by atoms with Crippen molar-refractivity contribution < 1.29 is 19.2 Å². The smallest absolute Gasteiger partial charge is 0.245 e. The molecule has 1 heterocycles. The summed E-state index contributed by atoms with van der Waals surface area (Å²) in [6, 6.07) is -2.86. The molecule has 1 rings (SSSR count). The Morgan fingerprint density at radius 1 is 1.15 bits per heavy atom. The SMILES string of the molecule is CC(C)[C@@H](NC(=O)[C@@H]1CCCN1C(=O)[C@@H](C)NC(=O)[C@H](C)N)C(=O)CCl. The van der Waals surface area contributed by atoms with Crippen LogP contribution in [0.5, 0.6) is 0 Å². The van der Waals surface area contributed by atoms with Gasteiger partial charge in [0.15, 0.2) is 5.78 Å². The summed E-state index contributed by atoms with van der Waals surface area (Å²) in [5.41, 5.74) is 5.49. The molecule has 26 heavy (non-hydrogen) atoms. The summed E-state index contributed by atoms with van der Waals surface area (Å²) in [4.78, 5) is 50.3. The number of carbonyl (C=O) groups excluding carboxylic acids is 4. The van der Waals surface area contributed by atoms with Crippen LogP contribution in [-0.2, 0) is 19.2 Å². The van der Waals surface area contributed by atoms with Crippen LogP contribution in [0, 0.1) is 5.92 Å². The van der Waals surface area contributed by atoms with Crippen LogP contribution in [0.2, 0.25) is 0 Å². The van der Waals surface area contributed by atoms with Crippen LogP contribution in [0.15, 0.2) is 0 Å². The third kappa shape index (κ3) is 5.67. The van der Waals surface area contributed by atoms with Gasteiger partial charge in [-0.05, 0) is 32.6 Å². The number of alkyl halides is 1. The lowest BCUT2D eigenvalue weighted by molar-refractivity contribution is -0.141. The number of rotatable bonds is 8. The van der Waals surface area contributed by atoms with E-state index in [0.29, 0.717) is 19.4 Å². The molecule has 0 unspecified atom stereocenters. The maximum absolute atomic E-state index is 12.6. The first kappa shape index (κ1) is 22.4. The number of Topliss-reactive ketones (excluding diaryl/α,β-unsaturated/α-hetero) is 1. The van der Waals surface area contributed by atoms with Gasteiger partial charge in [-0.1, -0.05) is 13.8 Å². The molecule has 3 amide bonds. The first-order valence-electron chi connectivity index (χ1n) is 8.85. The number of nitrogens with zero attached hydrogens (tertiary/aromatic N) is 1. The fraction of sp³-hybridized carbons (Fsp3) is 0.765. The van der Waals surface area contributed by atoms with E-state index in [1.54, 1.807) is 6.92 Å². The summed E-state index contributed by atoms with van der Waals surface area (Å²) in [5.74, 6) is -1.71. The maximum atomic E-state index is 12.6. The van der Waals surface area contributed by atoms with Crippen molar-refractivity contribution in [2.75, 3.05) is 12.4 Å². The second-order valence-electron chi connectivity index (χ2n) is 7.04. The monoisotopic (exact) mass is 388 g/mol. The molecule has 0 aromatic carbocycles. The van der Waals surface area contributed by atoms with E-state index in [2.05, 4.69) is 10.6 Å². The molecule has 1 aliphatic heterocycles. The van der Waals surface area contributed by atoms with Gasteiger partial charge in [0.25, 0.3) is 0 Å². The van der Waals surface area contributed by atoms with E-state index >= 15 is 0 Å². The number of amides is 3. The fourth-order valence-electron chi connectivity index (χ4n) is 2.91. The Balaban J connectivity index is 2.79. The minimum atomic E-state index is -0.785. The summed E-state index contributed by atoms with van der Waals surface area (Å²) in [6.45, 7) is 7.14. The molecule has 9 heteroatoms. The van der Waals surface area contributed by atoms with E-state index in [4.69, 9.17) is 17.3 Å². The predicted molar refractivity (Wildman–Crippen MR) is 98.5 cm³/mol. The third-order valence-corrected chi connectivity index (χ3v) is 4.69. The zero-order chi connectivity index (χ0) is 20.0. The highest BCUT2D eigenvalue weighted by molar-refractivity contribution is 6.28. The van der Waals surface area contributed by atoms with E-state index < -0.39 is 30.1 Å². The van der Waals surface area contributed by atoms with Gasteiger partial charge < -0.3 is 21.3 Å². The normalized spacial score (nSPS) is 20.4. The second-order valence-corrected chi connectivity index (χ2v) is 7.31. The van der Waals surface area contributed by atoms with Crippen molar-refractivity contribution in [1.82, 2.24) is 15.5 Å². The van der Waals surface area contributed by atoms with Gasteiger partial charge in [0.2, 0.25) is 17.7 Å². The summed E-state index contributed by atoms with van der Waals surface area (Å²) in [6.07, 6.45) is 1.18. The molecule has 0 aliphatic carbocycles. The van der Waals surface area contributed by atoms with E-state index in [-0.39, 0.29) is 29.4 Å². The van der Waals surface area contributed by atoms with Gasteiger partial charge in [0.1, 0.15) is 12.1 Å².